The lowest BCUT2D eigenvalue weighted by Crippen LogP contribution is -2.02. The van der Waals surface area contributed by atoms with Gasteiger partial charge in [-0.3, -0.25) is 20.2 Å². The third-order valence-corrected chi connectivity index (χ3v) is 7.95. The lowest BCUT2D eigenvalue weighted by Gasteiger charge is -2.17. The van der Waals surface area contributed by atoms with E-state index in [1.165, 1.54) is 37.1 Å². The summed E-state index contributed by atoms with van der Waals surface area (Å²) in [6.07, 6.45) is 16.6. The zero-order chi connectivity index (χ0) is 34.1. The van der Waals surface area contributed by atoms with Crippen molar-refractivity contribution in [3.8, 4) is 22.6 Å². The predicted octanol–water partition coefficient (Wildman–Crippen LogP) is 11.4. The van der Waals surface area contributed by atoms with Crippen molar-refractivity contribution >= 4 is 35.7 Å². The third kappa shape index (κ3) is 10.9. The maximum absolute atomic E-state index is 11.1. The van der Waals surface area contributed by atoms with Crippen LogP contribution in [-0.4, -0.2) is 23.1 Å². The molecule has 0 spiro atoms. The minimum Gasteiger partial charge on any atom is -0.493 e. The average Bonchev–Trinajstić information content (AvgIpc) is 3.10. The van der Waals surface area contributed by atoms with Crippen molar-refractivity contribution in [1.29, 1.82) is 0 Å². The molecule has 0 atom stereocenters. The van der Waals surface area contributed by atoms with Crippen molar-refractivity contribution in [3.63, 3.8) is 0 Å². The summed E-state index contributed by atoms with van der Waals surface area (Å²) in [6, 6.07) is 25.1. The number of nitrogens with zero attached hydrogens (tertiary/aromatic N) is 2. The van der Waals surface area contributed by atoms with Crippen LogP contribution in [0.3, 0.4) is 0 Å². The van der Waals surface area contributed by atoms with E-state index in [-0.39, 0.29) is 11.4 Å². The van der Waals surface area contributed by atoms with Gasteiger partial charge in [0.2, 0.25) is 0 Å². The molecule has 0 saturated carbocycles. The van der Waals surface area contributed by atoms with Gasteiger partial charge >= 0.3 is 0 Å². The number of nitro benzene ring substituents is 2. The highest BCUT2D eigenvalue weighted by molar-refractivity contribution is 5.83. The Balaban J connectivity index is 1.70. The van der Waals surface area contributed by atoms with Crippen molar-refractivity contribution in [2.75, 3.05) is 13.2 Å². The van der Waals surface area contributed by atoms with Crippen LogP contribution < -0.4 is 9.47 Å². The number of nitro groups is 2. The van der Waals surface area contributed by atoms with Gasteiger partial charge in [-0.05, 0) is 83.6 Å². The second-order valence-electron chi connectivity index (χ2n) is 11.7. The Labute approximate surface area is 283 Å². The minimum absolute atomic E-state index is 0.0552. The van der Waals surface area contributed by atoms with Gasteiger partial charge in [0.1, 0.15) is 11.5 Å². The average molecular weight is 649 g/mol. The quantitative estimate of drug-likeness (QED) is 0.0433. The maximum Gasteiger partial charge on any atom is 0.269 e. The number of hydrogen-bond donors (Lipinski definition) is 0. The first-order chi connectivity index (χ1) is 23.4. The van der Waals surface area contributed by atoms with Crippen LogP contribution in [0.5, 0.6) is 11.5 Å². The third-order valence-electron chi connectivity index (χ3n) is 7.95. The Morgan fingerprint density at radius 2 is 0.854 bits per heavy atom. The molecule has 0 N–H and O–H groups in total. The van der Waals surface area contributed by atoms with Gasteiger partial charge in [0.05, 0.1) is 23.1 Å². The van der Waals surface area contributed by atoms with Gasteiger partial charge in [0.25, 0.3) is 11.4 Å². The lowest BCUT2D eigenvalue weighted by atomic mass is 9.98. The van der Waals surface area contributed by atoms with E-state index in [2.05, 4.69) is 26.0 Å². The van der Waals surface area contributed by atoms with Gasteiger partial charge in [0.15, 0.2) is 0 Å². The molecule has 0 unspecified atom stereocenters. The number of unbranched alkanes of at least 4 members (excludes halogenated alkanes) is 6. The SMILES string of the molecule is CCCCCCOc1ccc(/C=C/c2ccc([N+](=O)[O-])cc2)cc1-c1cc(/C=C/c2ccc([N+](=O)[O-])cc2)ccc1OCCCCCC. The Bertz CT molecular complexity index is 1570. The van der Waals surface area contributed by atoms with Crippen LogP contribution in [0.25, 0.3) is 35.4 Å². The molecule has 0 fully saturated rings. The van der Waals surface area contributed by atoms with Gasteiger partial charge in [-0.15, -0.1) is 0 Å². The smallest absolute Gasteiger partial charge is 0.269 e. The van der Waals surface area contributed by atoms with Crippen molar-refractivity contribution < 1.29 is 19.3 Å². The monoisotopic (exact) mass is 648 g/mol. The largest absolute Gasteiger partial charge is 0.493 e. The highest BCUT2D eigenvalue weighted by Gasteiger charge is 2.14. The number of benzene rings is 4. The summed E-state index contributed by atoms with van der Waals surface area (Å²) in [6.45, 7) is 5.60. The number of rotatable bonds is 19. The fourth-order valence-corrected chi connectivity index (χ4v) is 5.20. The molecule has 48 heavy (non-hydrogen) atoms. The molecule has 0 heterocycles. The first-order valence-corrected chi connectivity index (χ1v) is 16.8. The highest BCUT2D eigenvalue weighted by atomic mass is 16.6. The maximum atomic E-state index is 11.1. The Kier molecular flexibility index (Phi) is 13.9. The van der Waals surface area contributed by atoms with E-state index in [1.54, 1.807) is 24.3 Å². The topological polar surface area (TPSA) is 105 Å². The molecule has 250 valence electrons. The highest BCUT2D eigenvalue weighted by Crippen LogP contribution is 2.39. The summed E-state index contributed by atoms with van der Waals surface area (Å²) in [4.78, 5) is 21.3. The molecular weight excluding hydrogens is 604 g/mol. The second kappa shape index (κ2) is 18.8. The first kappa shape index (κ1) is 35.6. The molecule has 0 amide bonds. The van der Waals surface area contributed by atoms with E-state index >= 15 is 0 Å². The summed E-state index contributed by atoms with van der Waals surface area (Å²) in [5, 5.41) is 22.1. The van der Waals surface area contributed by atoms with Gasteiger partial charge in [0, 0.05) is 35.4 Å². The van der Waals surface area contributed by atoms with Crippen LogP contribution in [0.2, 0.25) is 0 Å². The summed E-state index contributed by atoms with van der Waals surface area (Å²) in [5.74, 6) is 1.54. The van der Waals surface area contributed by atoms with E-state index in [9.17, 15) is 20.2 Å². The molecule has 0 saturated heterocycles. The van der Waals surface area contributed by atoms with Crippen molar-refractivity contribution in [2.24, 2.45) is 0 Å². The van der Waals surface area contributed by atoms with Crippen LogP contribution >= 0.6 is 0 Å². The standard InChI is InChI=1S/C40H44N2O6/c1-3-5-7-9-27-47-39-25-19-33(13-11-31-15-21-35(22-16-31)41(43)44)29-37(39)38-30-34(20-26-40(38)48-28-10-8-6-4-2)14-12-32-17-23-36(24-18-32)42(45)46/h11-26,29-30H,3-10,27-28H2,1-2H3/b13-11+,14-12+. The molecular formula is C40H44N2O6. The number of ether oxygens (including phenoxy) is 2. The molecule has 0 bridgehead atoms. The van der Waals surface area contributed by atoms with Crippen molar-refractivity contribution in [2.45, 2.75) is 65.2 Å². The summed E-state index contributed by atoms with van der Waals surface area (Å²) >= 11 is 0. The lowest BCUT2D eigenvalue weighted by molar-refractivity contribution is -0.385. The Morgan fingerprint density at radius 3 is 1.21 bits per heavy atom. The number of hydrogen-bond acceptors (Lipinski definition) is 6. The minimum atomic E-state index is -0.403. The van der Waals surface area contributed by atoms with Gasteiger partial charge in [-0.2, -0.15) is 0 Å². The van der Waals surface area contributed by atoms with E-state index in [1.807, 2.05) is 48.6 Å². The van der Waals surface area contributed by atoms with Crippen LogP contribution in [-0.2, 0) is 0 Å². The molecule has 4 rings (SSSR count). The molecule has 0 aliphatic rings. The molecule has 8 heteroatoms. The van der Waals surface area contributed by atoms with Crippen LogP contribution in [0.1, 0.15) is 87.5 Å². The molecule has 0 aliphatic heterocycles. The van der Waals surface area contributed by atoms with E-state index < -0.39 is 9.85 Å². The first-order valence-electron chi connectivity index (χ1n) is 16.8. The predicted molar refractivity (Wildman–Crippen MR) is 195 cm³/mol. The Morgan fingerprint density at radius 1 is 0.500 bits per heavy atom. The van der Waals surface area contributed by atoms with E-state index in [0.29, 0.717) is 13.2 Å². The van der Waals surface area contributed by atoms with Crippen LogP contribution in [0.15, 0.2) is 84.9 Å². The molecule has 4 aromatic rings. The molecule has 0 aromatic heterocycles. The zero-order valence-electron chi connectivity index (χ0n) is 27.8. The number of non-ortho nitro benzene ring substituents is 2. The van der Waals surface area contributed by atoms with Gasteiger partial charge < -0.3 is 9.47 Å². The zero-order valence-corrected chi connectivity index (χ0v) is 27.8. The van der Waals surface area contributed by atoms with Gasteiger partial charge in [-0.25, -0.2) is 0 Å². The van der Waals surface area contributed by atoms with Crippen molar-refractivity contribution in [3.05, 3.63) is 127 Å². The molecule has 0 aliphatic carbocycles. The van der Waals surface area contributed by atoms with E-state index in [4.69, 9.17) is 9.47 Å². The fourth-order valence-electron chi connectivity index (χ4n) is 5.20. The van der Waals surface area contributed by atoms with E-state index in [0.717, 1.165) is 83.4 Å². The molecule has 4 aromatic carbocycles. The summed E-state index contributed by atoms with van der Waals surface area (Å²) in [7, 11) is 0. The van der Waals surface area contributed by atoms with Crippen LogP contribution in [0, 0.1) is 20.2 Å². The normalized spacial score (nSPS) is 11.3. The second-order valence-corrected chi connectivity index (χ2v) is 11.7. The summed E-state index contributed by atoms with van der Waals surface area (Å²) in [5.41, 5.74) is 5.53. The Hall–Kier alpha value is -5.24. The van der Waals surface area contributed by atoms with Crippen LogP contribution in [0.4, 0.5) is 11.4 Å². The summed E-state index contributed by atoms with van der Waals surface area (Å²) < 4.78 is 12.8. The van der Waals surface area contributed by atoms with Gasteiger partial charge in [-0.1, -0.05) is 88.8 Å². The molecule has 0 radical (unpaired) electrons. The van der Waals surface area contributed by atoms with Crippen molar-refractivity contribution in [1.82, 2.24) is 0 Å². The molecule has 8 nitrogen and oxygen atoms in total. The fraction of sp³-hybridized carbons (Fsp3) is 0.300.